The van der Waals surface area contributed by atoms with Crippen molar-refractivity contribution in [2.24, 2.45) is 0 Å². The maximum absolute atomic E-state index is 11.3. The van der Waals surface area contributed by atoms with Crippen molar-refractivity contribution in [1.29, 1.82) is 0 Å². The van der Waals surface area contributed by atoms with Crippen LogP contribution < -0.4 is 5.32 Å². The van der Waals surface area contributed by atoms with Crippen LogP contribution in [0, 0.1) is 0 Å². The van der Waals surface area contributed by atoms with E-state index in [1.807, 2.05) is 7.05 Å². The van der Waals surface area contributed by atoms with E-state index in [1.54, 1.807) is 4.90 Å². The van der Waals surface area contributed by atoms with E-state index in [1.165, 1.54) is 32.1 Å². The van der Waals surface area contributed by atoms with Gasteiger partial charge in [0.25, 0.3) is 0 Å². The van der Waals surface area contributed by atoms with Crippen molar-refractivity contribution in [3.63, 3.8) is 0 Å². The summed E-state index contributed by atoms with van der Waals surface area (Å²) in [5.74, 6) is 0. The van der Waals surface area contributed by atoms with Crippen LogP contribution in [0.4, 0.5) is 4.79 Å². The first-order chi connectivity index (χ1) is 5.72. The lowest BCUT2D eigenvalue weighted by Gasteiger charge is -2.32. The highest BCUT2D eigenvalue weighted by Gasteiger charge is 2.41. The van der Waals surface area contributed by atoms with Gasteiger partial charge in [-0.1, -0.05) is 19.3 Å². The van der Waals surface area contributed by atoms with E-state index in [2.05, 4.69) is 5.32 Å². The highest BCUT2D eigenvalue weighted by atomic mass is 16.2. The number of carbonyl (C=O) groups is 1. The number of amides is 2. The molecular formula is C9H16N2O. The summed E-state index contributed by atoms with van der Waals surface area (Å²) >= 11 is 0. The minimum absolute atomic E-state index is 0.108. The van der Waals surface area contributed by atoms with Crippen LogP contribution >= 0.6 is 0 Å². The quantitative estimate of drug-likeness (QED) is 0.581. The molecule has 1 heterocycles. The van der Waals surface area contributed by atoms with Crippen molar-refractivity contribution in [2.75, 3.05) is 13.6 Å². The lowest BCUT2D eigenvalue weighted by molar-refractivity contribution is 0.225. The third-order valence-corrected chi connectivity index (χ3v) is 3.07. The SMILES string of the molecule is CN1CC2(CCCCC2)NC1=O. The zero-order valence-electron chi connectivity index (χ0n) is 7.60. The number of nitrogens with zero attached hydrogens (tertiary/aromatic N) is 1. The monoisotopic (exact) mass is 168 g/mol. The molecule has 1 aliphatic heterocycles. The van der Waals surface area contributed by atoms with Gasteiger partial charge in [0, 0.05) is 13.6 Å². The van der Waals surface area contributed by atoms with Crippen LogP contribution in [0.3, 0.4) is 0 Å². The molecule has 0 radical (unpaired) electrons. The number of hydrogen-bond donors (Lipinski definition) is 1. The summed E-state index contributed by atoms with van der Waals surface area (Å²) in [6, 6.07) is 0.108. The molecule has 2 aliphatic rings. The number of carbonyl (C=O) groups excluding carboxylic acids is 1. The average molecular weight is 168 g/mol. The van der Waals surface area contributed by atoms with E-state index in [0.29, 0.717) is 0 Å². The number of likely N-dealkylation sites (N-methyl/N-ethyl adjacent to an activating group) is 1. The maximum Gasteiger partial charge on any atom is 0.317 e. The molecule has 0 bridgehead atoms. The van der Waals surface area contributed by atoms with Crippen LogP contribution in [0.15, 0.2) is 0 Å². The van der Waals surface area contributed by atoms with Crippen LogP contribution in [0.2, 0.25) is 0 Å². The van der Waals surface area contributed by atoms with Crippen molar-refractivity contribution >= 4 is 6.03 Å². The van der Waals surface area contributed by atoms with Gasteiger partial charge < -0.3 is 10.2 Å². The molecule has 68 valence electrons. The van der Waals surface area contributed by atoms with E-state index in [4.69, 9.17) is 0 Å². The highest BCUT2D eigenvalue weighted by Crippen LogP contribution is 2.31. The lowest BCUT2D eigenvalue weighted by atomic mass is 9.82. The summed E-state index contributed by atoms with van der Waals surface area (Å²) in [6.07, 6.45) is 6.22. The van der Waals surface area contributed by atoms with E-state index in [9.17, 15) is 4.79 Å². The molecule has 3 heteroatoms. The molecule has 2 amide bonds. The summed E-state index contributed by atoms with van der Waals surface area (Å²) in [6.45, 7) is 0.909. The molecular weight excluding hydrogens is 152 g/mol. The Morgan fingerprint density at radius 1 is 1.33 bits per heavy atom. The fourth-order valence-electron chi connectivity index (χ4n) is 2.40. The zero-order chi connectivity index (χ0) is 8.60. The Morgan fingerprint density at radius 2 is 2.00 bits per heavy atom. The summed E-state index contributed by atoms with van der Waals surface area (Å²) in [5.41, 5.74) is 0.143. The van der Waals surface area contributed by atoms with Gasteiger partial charge in [-0.05, 0) is 12.8 Å². The molecule has 1 spiro atoms. The van der Waals surface area contributed by atoms with Gasteiger partial charge in [-0.15, -0.1) is 0 Å². The lowest BCUT2D eigenvalue weighted by Crippen LogP contribution is -2.44. The smallest absolute Gasteiger partial charge is 0.317 e. The predicted octanol–water partition coefficient (Wildman–Crippen LogP) is 1.34. The molecule has 0 aromatic carbocycles. The van der Waals surface area contributed by atoms with Crippen molar-refractivity contribution < 1.29 is 4.79 Å². The zero-order valence-corrected chi connectivity index (χ0v) is 7.60. The Kier molecular flexibility index (Phi) is 1.74. The summed E-state index contributed by atoms with van der Waals surface area (Å²) < 4.78 is 0. The largest absolute Gasteiger partial charge is 0.331 e. The van der Waals surface area contributed by atoms with Crippen LogP contribution in [0.5, 0.6) is 0 Å². The second kappa shape index (κ2) is 2.64. The van der Waals surface area contributed by atoms with E-state index in [-0.39, 0.29) is 11.6 Å². The maximum atomic E-state index is 11.3. The van der Waals surface area contributed by atoms with Crippen molar-refractivity contribution in [3.8, 4) is 0 Å². The molecule has 1 N–H and O–H groups in total. The molecule has 1 saturated heterocycles. The molecule has 12 heavy (non-hydrogen) atoms. The molecule has 0 aromatic heterocycles. The fourth-order valence-corrected chi connectivity index (χ4v) is 2.40. The molecule has 0 atom stereocenters. The summed E-state index contributed by atoms with van der Waals surface area (Å²) in [5, 5.41) is 3.11. The van der Waals surface area contributed by atoms with Gasteiger partial charge in [0.1, 0.15) is 0 Å². The molecule has 2 rings (SSSR count). The van der Waals surface area contributed by atoms with Crippen LogP contribution in [0.1, 0.15) is 32.1 Å². The molecule has 0 unspecified atom stereocenters. The van der Waals surface area contributed by atoms with Gasteiger partial charge >= 0.3 is 6.03 Å². The third kappa shape index (κ3) is 1.17. The first-order valence-electron chi connectivity index (χ1n) is 4.75. The molecule has 0 aromatic rings. The van der Waals surface area contributed by atoms with Crippen molar-refractivity contribution in [1.82, 2.24) is 10.2 Å². The molecule has 1 saturated carbocycles. The van der Waals surface area contributed by atoms with E-state index >= 15 is 0 Å². The highest BCUT2D eigenvalue weighted by molar-refractivity contribution is 5.77. The third-order valence-electron chi connectivity index (χ3n) is 3.07. The second-order valence-electron chi connectivity index (χ2n) is 4.13. The first-order valence-corrected chi connectivity index (χ1v) is 4.75. The van der Waals surface area contributed by atoms with Gasteiger partial charge in [-0.2, -0.15) is 0 Å². The van der Waals surface area contributed by atoms with Crippen molar-refractivity contribution in [3.05, 3.63) is 0 Å². The van der Waals surface area contributed by atoms with Crippen LogP contribution in [-0.2, 0) is 0 Å². The van der Waals surface area contributed by atoms with E-state index in [0.717, 1.165) is 6.54 Å². The Morgan fingerprint density at radius 3 is 2.50 bits per heavy atom. The standard InChI is InChI=1S/C9H16N2O/c1-11-7-9(10-8(11)12)5-3-2-4-6-9/h2-7H2,1H3,(H,10,12). The number of hydrogen-bond acceptors (Lipinski definition) is 1. The molecule has 1 aliphatic carbocycles. The Bertz CT molecular complexity index is 197. The van der Waals surface area contributed by atoms with Crippen molar-refractivity contribution in [2.45, 2.75) is 37.6 Å². The van der Waals surface area contributed by atoms with E-state index < -0.39 is 0 Å². The summed E-state index contributed by atoms with van der Waals surface area (Å²) in [7, 11) is 1.87. The Hall–Kier alpha value is -0.730. The Balaban J connectivity index is 2.07. The number of rotatable bonds is 0. The minimum Gasteiger partial charge on any atom is -0.331 e. The molecule has 2 fully saturated rings. The van der Waals surface area contributed by atoms with Gasteiger partial charge in [0.05, 0.1) is 5.54 Å². The number of urea groups is 1. The minimum atomic E-state index is 0.108. The first kappa shape index (κ1) is 7.90. The summed E-state index contributed by atoms with van der Waals surface area (Å²) in [4.78, 5) is 13.1. The normalized spacial score (nSPS) is 27.8. The fraction of sp³-hybridized carbons (Fsp3) is 0.889. The number of nitrogens with one attached hydrogen (secondary N) is 1. The average Bonchev–Trinajstić information content (AvgIpc) is 2.29. The molecule has 3 nitrogen and oxygen atoms in total. The van der Waals surface area contributed by atoms with Gasteiger partial charge in [0.15, 0.2) is 0 Å². The Labute approximate surface area is 73.1 Å². The topological polar surface area (TPSA) is 32.3 Å². The van der Waals surface area contributed by atoms with Crippen LogP contribution in [0.25, 0.3) is 0 Å². The van der Waals surface area contributed by atoms with Gasteiger partial charge in [0.2, 0.25) is 0 Å². The van der Waals surface area contributed by atoms with Gasteiger partial charge in [-0.25, -0.2) is 4.79 Å². The van der Waals surface area contributed by atoms with Crippen LogP contribution in [-0.4, -0.2) is 30.1 Å². The second-order valence-corrected chi connectivity index (χ2v) is 4.13. The predicted molar refractivity (Wildman–Crippen MR) is 47.0 cm³/mol. The van der Waals surface area contributed by atoms with Gasteiger partial charge in [-0.3, -0.25) is 0 Å².